The first-order chi connectivity index (χ1) is 12.7. The van der Waals surface area contributed by atoms with E-state index in [0.717, 1.165) is 22.6 Å². The normalized spacial score (nSPS) is 12.9. The van der Waals surface area contributed by atoms with Crippen LogP contribution in [0, 0.1) is 0 Å². The van der Waals surface area contributed by atoms with Crippen molar-refractivity contribution in [3.63, 3.8) is 0 Å². The summed E-state index contributed by atoms with van der Waals surface area (Å²) in [5.41, 5.74) is 2.53. The van der Waals surface area contributed by atoms with Gasteiger partial charge in [-0.15, -0.1) is 11.3 Å². The molecule has 2 aromatic rings. The number of aryl methyl sites for hydroxylation is 1. The third-order valence-electron chi connectivity index (χ3n) is 4.41. The second-order valence-electron chi connectivity index (χ2n) is 6.98. The Kier molecular flexibility index (Phi) is 7.02. The van der Waals surface area contributed by atoms with Crippen LogP contribution < -0.4 is 15.8 Å². The summed E-state index contributed by atoms with van der Waals surface area (Å²) in [5, 5.41) is 11.7. The van der Waals surface area contributed by atoms with Crippen molar-refractivity contribution in [1.29, 1.82) is 0 Å². The molecule has 2 rings (SSSR count). The fraction of sp³-hybridized carbons (Fsp3) is 0.421. The smallest absolute Gasteiger partial charge is 0.247 e. The van der Waals surface area contributed by atoms with Gasteiger partial charge < -0.3 is 10.6 Å². The third-order valence-corrected chi connectivity index (χ3v) is 6.94. The van der Waals surface area contributed by atoms with Crippen LogP contribution in [0.25, 0.3) is 0 Å². The number of hydrogen-bond donors (Lipinski definition) is 3. The third kappa shape index (κ3) is 6.05. The SMILES string of the molecule is CCc1ccc(C(C)(C)CNC(=NC)NCc2ccc(S(N)(=O)=O)s2)cc1. The monoisotopic (exact) mass is 408 g/mol. The number of hydrogen-bond acceptors (Lipinski definition) is 4. The van der Waals surface area contributed by atoms with Crippen molar-refractivity contribution in [2.75, 3.05) is 13.6 Å². The molecule has 27 heavy (non-hydrogen) atoms. The van der Waals surface area contributed by atoms with Gasteiger partial charge in [-0.05, 0) is 29.7 Å². The molecule has 0 aliphatic rings. The second-order valence-corrected chi connectivity index (χ2v) is 9.94. The van der Waals surface area contributed by atoms with Crippen molar-refractivity contribution >= 4 is 27.3 Å². The first-order valence-corrected chi connectivity index (χ1v) is 11.2. The quantitative estimate of drug-likeness (QED) is 0.485. The van der Waals surface area contributed by atoms with Gasteiger partial charge in [0.25, 0.3) is 0 Å². The summed E-state index contributed by atoms with van der Waals surface area (Å²) in [7, 11) is -1.94. The summed E-state index contributed by atoms with van der Waals surface area (Å²) in [4.78, 5) is 5.11. The number of guanidine groups is 1. The van der Waals surface area contributed by atoms with Crippen molar-refractivity contribution in [2.45, 2.75) is 43.4 Å². The molecule has 0 unspecified atom stereocenters. The molecule has 4 N–H and O–H groups in total. The van der Waals surface area contributed by atoms with Crippen LogP contribution in [0.4, 0.5) is 0 Å². The van der Waals surface area contributed by atoms with Crippen LogP contribution in [-0.4, -0.2) is 28.0 Å². The fourth-order valence-electron chi connectivity index (χ4n) is 2.60. The molecule has 8 heteroatoms. The molecule has 1 aromatic carbocycles. The van der Waals surface area contributed by atoms with Gasteiger partial charge in [0.05, 0.1) is 6.54 Å². The largest absolute Gasteiger partial charge is 0.356 e. The van der Waals surface area contributed by atoms with Crippen LogP contribution in [0.2, 0.25) is 0 Å². The maximum absolute atomic E-state index is 11.4. The predicted molar refractivity (Wildman–Crippen MR) is 113 cm³/mol. The lowest BCUT2D eigenvalue weighted by atomic mass is 9.84. The molecule has 0 spiro atoms. The van der Waals surface area contributed by atoms with Crippen LogP contribution in [0.5, 0.6) is 0 Å². The van der Waals surface area contributed by atoms with E-state index >= 15 is 0 Å². The van der Waals surface area contributed by atoms with Crippen LogP contribution in [-0.2, 0) is 28.4 Å². The highest BCUT2D eigenvalue weighted by Crippen LogP contribution is 2.23. The van der Waals surface area contributed by atoms with Gasteiger partial charge in [-0.3, -0.25) is 4.99 Å². The van der Waals surface area contributed by atoms with E-state index in [9.17, 15) is 8.42 Å². The summed E-state index contributed by atoms with van der Waals surface area (Å²) in [6.07, 6.45) is 1.03. The van der Waals surface area contributed by atoms with Crippen LogP contribution in [0.3, 0.4) is 0 Å². The zero-order valence-corrected chi connectivity index (χ0v) is 17.9. The minimum atomic E-state index is -3.65. The number of aliphatic imine (C=N–C) groups is 1. The summed E-state index contributed by atoms with van der Waals surface area (Å²) in [5.74, 6) is 0.666. The molecule has 0 bridgehead atoms. The highest BCUT2D eigenvalue weighted by atomic mass is 32.2. The molecule has 148 valence electrons. The molecule has 0 saturated heterocycles. The summed E-state index contributed by atoms with van der Waals surface area (Å²) in [6, 6.07) is 12.0. The molecule has 0 fully saturated rings. The minimum absolute atomic E-state index is 0.0619. The number of thiophene rings is 1. The number of nitrogens with one attached hydrogen (secondary N) is 2. The number of rotatable bonds is 7. The predicted octanol–water partition coefficient (Wildman–Crippen LogP) is 2.60. The Labute approximate surface area is 166 Å². The Bertz CT molecular complexity index is 885. The van der Waals surface area contributed by atoms with E-state index in [0.29, 0.717) is 19.0 Å². The van der Waals surface area contributed by atoms with E-state index < -0.39 is 10.0 Å². The van der Waals surface area contributed by atoms with Gasteiger partial charge in [0.2, 0.25) is 10.0 Å². The number of sulfonamides is 1. The fourth-order valence-corrected chi connectivity index (χ4v) is 4.31. The Morgan fingerprint density at radius 3 is 2.33 bits per heavy atom. The summed E-state index contributed by atoms with van der Waals surface area (Å²) >= 11 is 1.16. The molecular weight excluding hydrogens is 380 g/mol. The highest BCUT2D eigenvalue weighted by Gasteiger charge is 2.21. The van der Waals surface area contributed by atoms with E-state index in [1.54, 1.807) is 13.1 Å². The molecule has 6 nitrogen and oxygen atoms in total. The summed E-state index contributed by atoms with van der Waals surface area (Å²) in [6.45, 7) is 7.71. The Morgan fingerprint density at radius 2 is 1.81 bits per heavy atom. The second kappa shape index (κ2) is 8.86. The van der Waals surface area contributed by atoms with Gasteiger partial charge >= 0.3 is 0 Å². The molecule has 0 atom stereocenters. The van der Waals surface area contributed by atoms with E-state index in [-0.39, 0.29) is 9.62 Å². The Balaban J connectivity index is 1.93. The molecular formula is C19H28N4O2S2. The molecule has 0 amide bonds. The molecule has 0 radical (unpaired) electrons. The Morgan fingerprint density at radius 1 is 1.15 bits per heavy atom. The zero-order valence-electron chi connectivity index (χ0n) is 16.2. The van der Waals surface area contributed by atoms with Crippen molar-refractivity contribution in [3.05, 3.63) is 52.4 Å². The Hall–Kier alpha value is -1.90. The number of benzene rings is 1. The first kappa shape index (κ1) is 21.4. The molecule has 1 aromatic heterocycles. The van der Waals surface area contributed by atoms with Gasteiger partial charge in [-0.25, -0.2) is 13.6 Å². The zero-order chi connectivity index (χ0) is 20.1. The standard InChI is InChI=1S/C19H28N4O2S2/c1-5-14-6-8-15(9-7-14)19(2,3)13-23-18(21-4)22-12-16-10-11-17(26-16)27(20,24)25/h6-11H,5,12-13H2,1-4H3,(H2,20,24,25)(H2,21,22,23). The van der Waals surface area contributed by atoms with Gasteiger partial charge in [0, 0.05) is 23.9 Å². The average Bonchev–Trinajstić information content (AvgIpc) is 3.11. The van der Waals surface area contributed by atoms with Crippen LogP contribution in [0.1, 0.15) is 36.8 Å². The number of nitrogens with zero attached hydrogens (tertiary/aromatic N) is 1. The lowest BCUT2D eigenvalue weighted by molar-refractivity contribution is 0.508. The minimum Gasteiger partial charge on any atom is -0.356 e. The van der Waals surface area contributed by atoms with Gasteiger partial charge in [0.1, 0.15) is 4.21 Å². The first-order valence-electron chi connectivity index (χ1n) is 8.81. The van der Waals surface area contributed by atoms with E-state index in [4.69, 9.17) is 5.14 Å². The van der Waals surface area contributed by atoms with E-state index in [2.05, 4.69) is 60.7 Å². The topological polar surface area (TPSA) is 96.6 Å². The van der Waals surface area contributed by atoms with Gasteiger partial charge in [-0.2, -0.15) is 0 Å². The lowest BCUT2D eigenvalue weighted by Crippen LogP contribution is -2.43. The molecule has 0 aliphatic carbocycles. The number of primary sulfonamides is 1. The van der Waals surface area contributed by atoms with E-state index in [1.807, 2.05) is 0 Å². The highest BCUT2D eigenvalue weighted by molar-refractivity contribution is 7.91. The van der Waals surface area contributed by atoms with Gasteiger partial charge in [-0.1, -0.05) is 45.0 Å². The molecule has 1 heterocycles. The summed E-state index contributed by atoms with van der Waals surface area (Å²) < 4.78 is 22.9. The molecule has 0 saturated carbocycles. The maximum Gasteiger partial charge on any atom is 0.247 e. The van der Waals surface area contributed by atoms with Crippen LogP contribution in [0.15, 0.2) is 45.6 Å². The lowest BCUT2D eigenvalue weighted by Gasteiger charge is -2.27. The van der Waals surface area contributed by atoms with Gasteiger partial charge in [0.15, 0.2) is 5.96 Å². The van der Waals surface area contributed by atoms with Crippen molar-refractivity contribution < 1.29 is 8.42 Å². The van der Waals surface area contributed by atoms with Crippen molar-refractivity contribution in [2.24, 2.45) is 10.1 Å². The molecule has 0 aliphatic heterocycles. The number of nitrogens with two attached hydrogens (primary N) is 1. The van der Waals surface area contributed by atoms with Crippen molar-refractivity contribution in [3.8, 4) is 0 Å². The maximum atomic E-state index is 11.4. The van der Waals surface area contributed by atoms with Crippen molar-refractivity contribution in [1.82, 2.24) is 10.6 Å². The average molecular weight is 409 g/mol. The van der Waals surface area contributed by atoms with E-state index in [1.165, 1.54) is 17.2 Å². The van der Waals surface area contributed by atoms with Crippen LogP contribution >= 0.6 is 11.3 Å².